The number of hydrogen-bond donors (Lipinski definition) is 0. The van der Waals surface area contributed by atoms with Gasteiger partial charge in [-0.15, -0.1) is 0 Å². The van der Waals surface area contributed by atoms with E-state index in [1.54, 1.807) is 11.0 Å². The third-order valence-corrected chi connectivity index (χ3v) is 3.51. The van der Waals surface area contributed by atoms with Gasteiger partial charge in [0.25, 0.3) is 11.6 Å². The second kappa shape index (κ2) is 7.23. The molecule has 0 saturated carbocycles. The van der Waals surface area contributed by atoms with Crippen molar-refractivity contribution in [2.24, 2.45) is 0 Å². The monoisotopic (exact) mass is 328 g/mol. The summed E-state index contributed by atoms with van der Waals surface area (Å²) in [5.41, 5.74) is 0.259. The standard InChI is InChI=1S/C13H17BrN2O3/c1-3-8-15(9-4-2)13(17)10-6-5-7-11(12(10)14)16(18)19/h5-7H,3-4,8-9H2,1-2H3. The van der Waals surface area contributed by atoms with Crippen molar-refractivity contribution < 1.29 is 9.72 Å². The molecule has 1 amide bonds. The van der Waals surface area contributed by atoms with Crippen molar-refractivity contribution in [1.82, 2.24) is 4.90 Å². The molecule has 0 fully saturated rings. The quantitative estimate of drug-likeness (QED) is 0.591. The fraction of sp³-hybridized carbons (Fsp3) is 0.462. The number of hydrogen-bond acceptors (Lipinski definition) is 3. The van der Waals surface area contributed by atoms with Crippen molar-refractivity contribution in [3.8, 4) is 0 Å². The Labute approximate surface area is 120 Å². The summed E-state index contributed by atoms with van der Waals surface area (Å²) in [6, 6.07) is 4.52. The first-order valence-corrected chi connectivity index (χ1v) is 7.04. The first-order chi connectivity index (χ1) is 9.02. The maximum atomic E-state index is 12.4. The van der Waals surface area contributed by atoms with E-state index in [2.05, 4.69) is 15.9 Å². The largest absolute Gasteiger partial charge is 0.339 e. The lowest BCUT2D eigenvalue weighted by molar-refractivity contribution is -0.385. The first-order valence-electron chi connectivity index (χ1n) is 6.25. The molecule has 104 valence electrons. The van der Waals surface area contributed by atoms with E-state index in [0.29, 0.717) is 18.7 Å². The van der Waals surface area contributed by atoms with Crippen LogP contribution < -0.4 is 0 Å². The lowest BCUT2D eigenvalue weighted by Crippen LogP contribution is -2.32. The number of nitrogens with zero attached hydrogens (tertiary/aromatic N) is 2. The molecular formula is C13H17BrN2O3. The minimum Gasteiger partial charge on any atom is -0.339 e. The van der Waals surface area contributed by atoms with Crippen molar-refractivity contribution in [2.45, 2.75) is 26.7 Å². The van der Waals surface area contributed by atoms with Crippen LogP contribution in [0.3, 0.4) is 0 Å². The number of nitro groups is 1. The van der Waals surface area contributed by atoms with Crippen LogP contribution >= 0.6 is 15.9 Å². The van der Waals surface area contributed by atoms with E-state index in [9.17, 15) is 14.9 Å². The van der Waals surface area contributed by atoms with Crippen molar-refractivity contribution in [1.29, 1.82) is 0 Å². The van der Waals surface area contributed by atoms with Crippen LogP contribution in [0.4, 0.5) is 5.69 Å². The second-order valence-corrected chi connectivity index (χ2v) is 4.98. The van der Waals surface area contributed by atoms with Crippen molar-refractivity contribution in [3.05, 3.63) is 38.3 Å². The van der Waals surface area contributed by atoms with Gasteiger partial charge in [0, 0.05) is 19.2 Å². The van der Waals surface area contributed by atoms with Gasteiger partial charge in [-0.2, -0.15) is 0 Å². The predicted molar refractivity (Wildman–Crippen MR) is 77.3 cm³/mol. The summed E-state index contributed by atoms with van der Waals surface area (Å²) in [5.74, 6) is -0.167. The highest BCUT2D eigenvalue weighted by molar-refractivity contribution is 9.10. The van der Waals surface area contributed by atoms with Crippen molar-refractivity contribution >= 4 is 27.5 Å². The number of amides is 1. The topological polar surface area (TPSA) is 63.5 Å². The molecule has 0 heterocycles. The summed E-state index contributed by atoms with van der Waals surface area (Å²) in [7, 11) is 0. The fourth-order valence-electron chi connectivity index (χ4n) is 1.85. The fourth-order valence-corrected chi connectivity index (χ4v) is 2.43. The van der Waals surface area contributed by atoms with Crippen molar-refractivity contribution in [3.63, 3.8) is 0 Å². The average Bonchev–Trinajstić information content (AvgIpc) is 2.37. The molecule has 0 bridgehead atoms. The van der Waals surface area contributed by atoms with E-state index in [0.717, 1.165) is 12.8 Å². The molecule has 0 aromatic heterocycles. The lowest BCUT2D eigenvalue weighted by atomic mass is 10.1. The zero-order chi connectivity index (χ0) is 14.4. The molecule has 5 nitrogen and oxygen atoms in total. The number of halogens is 1. The van der Waals surface area contributed by atoms with Gasteiger partial charge in [0.05, 0.1) is 10.5 Å². The molecule has 0 aliphatic rings. The minimum absolute atomic E-state index is 0.0844. The average molecular weight is 329 g/mol. The Morgan fingerprint density at radius 1 is 1.32 bits per heavy atom. The molecule has 1 rings (SSSR count). The van der Waals surface area contributed by atoms with Gasteiger partial charge in [0.2, 0.25) is 0 Å². The Balaban J connectivity index is 3.10. The van der Waals surface area contributed by atoms with Crippen LogP contribution in [-0.4, -0.2) is 28.8 Å². The van der Waals surface area contributed by atoms with Gasteiger partial charge in [0.1, 0.15) is 4.47 Å². The van der Waals surface area contributed by atoms with E-state index < -0.39 is 4.92 Å². The van der Waals surface area contributed by atoms with Gasteiger partial charge in [-0.05, 0) is 34.8 Å². The molecule has 0 radical (unpaired) electrons. The highest BCUT2D eigenvalue weighted by atomic mass is 79.9. The summed E-state index contributed by atoms with van der Waals surface area (Å²) in [5, 5.41) is 10.9. The lowest BCUT2D eigenvalue weighted by Gasteiger charge is -2.21. The summed E-state index contributed by atoms with van der Waals surface area (Å²) in [4.78, 5) is 24.5. The van der Waals surface area contributed by atoms with Gasteiger partial charge in [-0.1, -0.05) is 19.9 Å². The van der Waals surface area contributed by atoms with Gasteiger partial charge in [0.15, 0.2) is 0 Å². The Morgan fingerprint density at radius 3 is 2.37 bits per heavy atom. The normalized spacial score (nSPS) is 10.3. The zero-order valence-corrected chi connectivity index (χ0v) is 12.6. The first kappa shape index (κ1) is 15.6. The van der Waals surface area contributed by atoms with E-state index in [4.69, 9.17) is 0 Å². The van der Waals surface area contributed by atoms with Crippen LogP contribution in [0, 0.1) is 10.1 Å². The molecule has 1 aromatic carbocycles. The van der Waals surface area contributed by atoms with E-state index >= 15 is 0 Å². The molecule has 0 saturated heterocycles. The molecule has 0 N–H and O–H groups in total. The van der Waals surface area contributed by atoms with E-state index in [-0.39, 0.29) is 16.1 Å². The molecular weight excluding hydrogens is 312 g/mol. The van der Waals surface area contributed by atoms with E-state index in [1.165, 1.54) is 12.1 Å². The summed E-state index contributed by atoms with van der Waals surface area (Å²) in [6.45, 7) is 5.31. The number of carbonyl (C=O) groups is 1. The van der Waals surface area contributed by atoms with Crippen molar-refractivity contribution in [2.75, 3.05) is 13.1 Å². The van der Waals surface area contributed by atoms with Crippen LogP contribution in [0.25, 0.3) is 0 Å². The van der Waals surface area contributed by atoms with Gasteiger partial charge >= 0.3 is 0 Å². The molecule has 0 atom stereocenters. The SMILES string of the molecule is CCCN(CCC)C(=O)c1cccc([N+](=O)[O-])c1Br. The molecule has 1 aromatic rings. The Kier molecular flexibility index (Phi) is 5.95. The molecule has 0 aliphatic carbocycles. The maximum absolute atomic E-state index is 12.4. The Morgan fingerprint density at radius 2 is 1.89 bits per heavy atom. The van der Waals surface area contributed by atoms with Crippen LogP contribution in [0.15, 0.2) is 22.7 Å². The minimum atomic E-state index is -0.495. The molecule has 0 unspecified atom stereocenters. The van der Waals surface area contributed by atoms with Crippen LogP contribution in [-0.2, 0) is 0 Å². The second-order valence-electron chi connectivity index (χ2n) is 4.19. The number of nitro benzene ring substituents is 1. The third-order valence-electron chi connectivity index (χ3n) is 2.68. The Hall–Kier alpha value is -1.43. The van der Waals surface area contributed by atoms with Crippen LogP contribution in [0.2, 0.25) is 0 Å². The molecule has 6 heteroatoms. The van der Waals surface area contributed by atoms with Crippen LogP contribution in [0.1, 0.15) is 37.0 Å². The number of rotatable bonds is 6. The predicted octanol–water partition coefficient (Wildman–Crippen LogP) is 3.62. The van der Waals surface area contributed by atoms with Gasteiger partial charge in [-0.3, -0.25) is 14.9 Å². The van der Waals surface area contributed by atoms with Crippen LogP contribution in [0.5, 0.6) is 0 Å². The summed E-state index contributed by atoms with van der Waals surface area (Å²) < 4.78 is 0.252. The molecule has 0 spiro atoms. The highest BCUT2D eigenvalue weighted by Crippen LogP contribution is 2.29. The maximum Gasteiger partial charge on any atom is 0.284 e. The number of carbonyl (C=O) groups excluding carboxylic acids is 1. The van der Waals surface area contributed by atoms with Gasteiger partial charge in [-0.25, -0.2) is 0 Å². The third kappa shape index (κ3) is 3.76. The summed E-state index contributed by atoms with van der Waals surface area (Å²) in [6.07, 6.45) is 1.72. The van der Waals surface area contributed by atoms with E-state index in [1.807, 2.05) is 13.8 Å². The highest BCUT2D eigenvalue weighted by Gasteiger charge is 2.22. The smallest absolute Gasteiger partial charge is 0.284 e. The Bertz CT molecular complexity index is 471. The zero-order valence-electron chi connectivity index (χ0n) is 11.1. The molecule has 0 aliphatic heterocycles. The number of benzene rings is 1. The summed E-state index contributed by atoms with van der Waals surface area (Å²) >= 11 is 3.16. The molecule has 19 heavy (non-hydrogen) atoms. The van der Waals surface area contributed by atoms with Gasteiger partial charge < -0.3 is 4.90 Å².